The van der Waals surface area contributed by atoms with Crippen LogP contribution in [0.25, 0.3) is 0 Å². The Morgan fingerprint density at radius 3 is 2.61 bits per heavy atom. The first-order valence-electron chi connectivity index (χ1n) is 9.98. The number of carbonyl (C=O) groups is 2. The zero-order valence-corrected chi connectivity index (χ0v) is 17.5. The molecule has 3 aromatic carbocycles. The quantitative estimate of drug-likeness (QED) is 0.334. The van der Waals surface area contributed by atoms with Crippen molar-refractivity contribution >= 4 is 23.1 Å². The number of methoxy groups -OCH3 is 1. The number of fused-ring (bicyclic) bond motifs is 1. The summed E-state index contributed by atoms with van der Waals surface area (Å²) in [6.07, 6.45) is -0.619. The Balaban J connectivity index is 1.67. The molecule has 4 rings (SSSR count). The lowest BCUT2D eigenvalue weighted by Gasteiger charge is -2.23. The molecule has 1 aliphatic rings. The van der Waals surface area contributed by atoms with E-state index in [1.165, 1.54) is 42.3 Å². The Kier molecular flexibility index (Phi) is 5.65. The van der Waals surface area contributed by atoms with Gasteiger partial charge in [-0.2, -0.15) is 0 Å². The van der Waals surface area contributed by atoms with E-state index in [1.807, 2.05) is 0 Å². The van der Waals surface area contributed by atoms with Gasteiger partial charge < -0.3 is 14.7 Å². The molecule has 1 atom stereocenters. The van der Waals surface area contributed by atoms with Crippen molar-refractivity contribution in [2.24, 2.45) is 0 Å². The number of nitrogens with zero attached hydrogens (tertiary/aromatic N) is 2. The average molecular weight is 450 g/mol. The highest BCUT2D eigenvalue weighted by Gasteiger charge is 2.50. The molecule has 0 radical (unpaired) electrons. The largest absolute Gasteiger partial charge is 0.490 e. The number of hydrogen-bond donors (Lipinski definition) is 1. The lowest BCUT2D eigenvalue weighted by molar-refractivity contribution is -0.385. The Bertz CT molecular complexity index is 1280. The highest BCUT2D eigenvalue weighted by Crippen LogP contribution is 2.43. The Morgan fingerprint density at radius 2 is 1.91 bits per heavy atom. The third-order valence-corrected chi connectivity index (χ3v) is 5.58. The van der Waals surface area contributed by atoms with Crippen LogP contribution < -0.4 is 9.64 Å². The molecule has 3 aromatic rings. The number of Topliss-reactive ketones (excluding diaryl/α,β-unsaturated/α-hetero) is 1. The second kappa shape index (κ2) is 8.44. The van der Waals surface area contributed by atoms with Crippen molar-refractivity contribution in [1.29, 1.82) is 0 Å². The van der Waals surface area contributed by atoms with Gasteiger partial charge in [-0.15, -0.1) is 0 Å². The number of rotatable bonds is 7. The topological polar surface area (TPSA) is 110 Å². The third-order valence-electron chi connectivity index (χ3n) is 5.58. The molecular weight excluding hydrogens is 431 g/mol. The number of benzene rings is 3. The van der Waals surface area contributed by atoms with Crippen molar-refractivity contribution in [2.45, 2.75) is 18.6 Å². The molecule has 0 aromatic heterocycles. The van der Waals surface area contributed by atoms with Gasteiger partial charge in [-0.25, -0.2) is 4.39 Å². The predicted octanol–water partition coefficient (Wildman–Crippen LogP) is 3.75. The van der Waals surface area contributed by atoms with Crippen LogP contribution in [0, 0.1) is 15.9 Å². The molecule has 0 bridgehead atoms. The normalized spacial score (nSPS) is 17.1. The van der Waals surface area contributed by atoms with Crippen LogP contribution in [0.15, 0.2) is 66.7 Å². The predicted molar refractivity (Wildman–Crippen MR) is 117 cm³/mol. The minimum absolute atomic E-state index is 0.00187. The van der Waals surface area contributed by atoms with Crippen molar-refractivity contribution in [2.75, 3.05) is 12.0 Å². The zero-order chi connectivity index (χ0) is 23.8. The molecule has 33 heavy (non-hydrogen) atoms. The second-order valence-corrected chi connectivity index (χ2v) is 7.64. The van der Waals surface area contributed by atoms with Crippen molar-refractivity contribution in [3.05, 3.63) is 99.4 Å². The molecule has 0 aliphatic carbocycles. The number of amides is 1. The highest BCUT2D eigenvalue weighted by atomic mass is 19.1. The van der Waals surface area contributed by atoms with Gasteiger partial charge >= 0.3 is 5.69 Å². The van der Waals surface area contributed by atoms with Crippen LogP contribution in [0.4, 0.5) is 15.8 Å². The maximum Gasteiger partial charge on any atom is 0.311 e. The fourth-order valence-electron chi connectivity index (χ4n) is 3.99. The van der Waals surface area contributed by atoms with Gasteiger partial charge in [0, 0.05) is 17.2 Å². The van der Waals surface area contributed by atoms with E-state index in [2.05, 4.69) is 0 Å². The molecule has 1 heterocycles. The number of carbonyl (C=O) groups excluding carboxylic acids is 2. The van der Waals surface area contributed by atoms with E-state index < -0.39 is 40.1 Å². The number of ether oxygens (including phenoxy) is 1. The summed E-state index contributed by atoms with van der Waals surface area (Å²) in [4.78, 5) is 38.2. The molecule has 1 N–H and O–H groups in total. The minimum Gasteiger partial charge on any atom is -0.490 e. The fourth-order valence-corrected chi connectivity index (χ4v) is 3.99. The van der Waals surface area contributed by atoms with E-state index in [0.29, 0.717) is 11.3 Å². The molecule has 8 nitrogen and oxygen atoms in total. The molecule has 1 aliphatic heterocycles. The number of para-hydroxylation sites is 1. The van der Waals surface area contributed by atoms with Crippen LogP contribution in [-0.2, 0) is 16.9 Å². The molecule has 0 spiro atoms. The van der Waals surface area contributed by atoms with Crippen molar-refractivity contribution in [3.63, 3.8) is 0 Å². The molecule has 168 valence electrons. The number of aliphatic hydroxyl groups is 1. The van der Waals surface area contributed by atoms with Gasteiger partial charge in [0.2, 0.25) is 0 Å². The first-order valence-corrected chi connectivity index (χ1v) is 9.98. The van der Waals surface area contributed by atoms with Gasteiger partial charge in [-0.1, -0.05) is 30.3 Å². The molecular formula is C24H19FN2O6. The van der Waals surface area contributed by atoms with E-state index in [4.69, 9.17) is 4.74 Å². The fraction of sp³-hybridized carbons (Fsp3) is 0.167. The van der Waals surface area contributed by atoms with Gasteiger partial charge in [0.15, 0.2) is 17.1 Å². The lowest BCUT2D eigenvalue weighted by atomic mass is 9.88. The Labute approximate surface area is 188 Å². The maximum absolute atomic E-state index is 13.6. The van der Waals surface area contributed by atoms with Crippen LogP contribution in [0.3, 0.4) is 0 Å². The zero-order valence-electron chi connectivity index (χ0n) is 17.5. The minimum atomic E-state index is -2.17. The molecule has 1 amide bonds. The van der Waals surface area contributed by atoms with Crippen LogP contribution in [0.5, 0.6) is 5.75 Å². The Hall–Kier alpha value is -4.11. The number of hydrogen-bond acceptors (Lipinski definition) is 6. The summed E-state index contributed by atoms with van der Waals surface area (Å²) in [5.41, 5.74) is -1.45. The smallest absolute Gasteiger partial charge is 0.311 e. The average Bonchev–Trinajstić information content (AvgIpc) is 3.00. The molecule has 0 saturated carbocycles. The standard InChI is InChI=1S/C24H19FN2O6/c1-33-22-10-9-16(12-20(22)27(31)32)21(28)13-24(30)18-7-2-3-8-19(18)26(23(24)29)14-15-5-4-6-17(25)11-15/h2-12,30H,13-14H2,1H3/t24-/m1/s1. The number of anilines is 1. The van der Waals surface area contributed by atoms with E-state index in [1.54, 1.807) is 30.3 Å². The lowest BCUT2D eigenvalue weighted by Crippen LogP contribution is -2.41. The maximum atomic E-state index is 13.6. The van der Waals surface area contributed by atoms with E-state index in [-0.39, 0.29) is 23.4 Å². The van der Waals surface area contributed by atoms with Crippen LogP contribution in [0.2, 0.25) is 0 Å². The van der Waals surface area contributed by atoms with Gasteiger partial charge in [-0.3, -0.25) is 19.7 Å². The molecule has 0 saturated heterocycles. The summed E-state index contributed by atoms with van der Waals surface area (Å²) >= 11 is 0. The number of halogens is 1. The third kappa shape index (κ3) is 3.94. The summed E-state index contributed by atoms with van der Waals surface area (Å²) < 4.78 is 18.6. The molecule has 0 unspecified atom stereocenters. The van der Waals surface area contributed by atoms with E-state index in [0.717, 1.165) is 6.07 Å². The molecule has 0 fully saturated rings. The SMILES string of the molecule is COc1ccc(C(=O)C[C@]2(O)C(=O)N(Cc3cccc(F)c3)c3ccccc32)cc1[N+](=O)[O-]. The van der Waals surface area contributed by atoms with Gasteiger partial charge in [0.05, 0.1) is 30.7 Å². The summed E-state index contributed by atoms with van der Waals surface area (Å²) in [5.74, 6) is -1.86. The monoisotopic (exact) mass is 450 g/mol. The van der Waals surface area contributed by atoms with Crippen molar-refractivity contribution < 1.29 is 28.7 Å². The van der Waals surface area contributed by atoms with E-state index >= 15 is 0 Å². The van der Waals surface area contributed by atoms with Gasteiger partial charge in [0.1, 0.15) is 5.82 Å². The van der Waals surface area contributed by atoms with Crippen molar-refractivity contribution in [1.82, 2.24) is 0 Å². The van der Waals surface area contributed by atoms with Crippen LogP contribution >= 0.6 is 0 Å². The van der Waals surface area contributed by atoms with Crippen LogP contribution in [0.1, 0.15) is 27.9 Å². The number of nitro benzene ring substituents is 1. The highest BCUT2D eigenvalue weighted by molar-refractivity contribution is 6.10. The summed E-state index contributed by atoms with van der Waals surface area (Å²) in [6.45, 7) is -0.00187. The number of ketones is 1. The van der Waals surface area contributed by atoms with Crippen molar-refractivity contribution in [3.8, 4) is 5.75 Å². The van der Waals surface area contributed by atoms with Gasteiger partial charge in [-0.05, 0) is 35.9 Å². The summed E-state index contributed by atoms with van der Waals surface area (Å²) in [5, 5.41) is 22.7. The van der Waals surface area contributed by atoms with Crippen LogP contribution in [-0.4, -0.2) is 28.8 Å². The Morgan fingerprint density at radius 1 is 1.15 bits per heavy atom. The van der Waals surface area contributed by atoms with E-state index in [9.17, 15) is 29.2 Å². The first-order chi connectivity index (χ1) is 15.7. The van der Waals surface area contributed by atoms with Gasteiger partial charge in [0.25, 0.3) is 5.91 Å². The number of nitro groups is 1. The molecule has 9 heteroatoms. The summed E-state index contributed by atoms with van der Waals surface area (Å²) in [6, 6.07) is 15.9. The second-order valence-electron chi connectivity index (χ2n) is 7.64. The summed E-state index contributed by atoms with van der Waals surface area (Å²) in [7, 11) is 1.27. The first kappa shape index (κ1) is 22.1.